The van der Waals surface area contributed by atoms with Gasteiger partial charge in [0.05, 0.1) is 0 Å². The Morgan fingerprint density at radius 2 is 2.05 bits per heavy atom. The molecule has 0 saturated carbocycles. The number of piperidine rings is 1. The van der Waals surface area contributed by atoms with E-state index in [9.17, 15) is 4.79 Å². The molecule has 1 aliphatic rings. The summed E-state index contributed by atoms with van der Waals surface area (Å²) in [6, 6.07) is 8.60. The number of likely N-dealkylation sites (tertiary alicyclic amines) is 1. The van der Waals surface area contributed by atoms with Crippen LogP contribution < -0.4 is 11.1 Å². The van der Waals surface area contributed by atoms with Crippen LogP contribution in [0.3, 0.4) is 0 Å². The summed E-state index contributed by atoms with van der Waals surface area (Å²) in [7, 11) is 2.14. The molecular weight excluding hydrogens is 321 g/mol. The summed E-state index contributed by atoms with van der Waals surface area (Å²) in [5.41, 5.74) is 7.71. The van der Waals surface area contributed by atoms with Crippen LogP contribution >= 0.6 is 24.8 Å². The average Bonchev–Trinajstić information content (AvgIpc) is 2.42. The first-order valence-electron chi connectivity index (χ1n) is 7.39. The molecule has 0 aliphatic carbocycles. The van der Waals surface area contributed by atoms with Crippen LogP contribution in [0.15, 0.2) is 24.3 Å². The molecule has 126 valence electrons. The quantitative estimate of drug-likeness (QED) is 0.823. The summed E-state index contributed by atoms with van der Waals surface area (Å²) in [5, 5.41) is 3.15. The molecule has 3 N–H and O–H groups in total. The van der Waals surface area contributed by atoms with Crippen molar-refractivity contribution in [3.8, 4) is 0 Å². The Morgan fingerprint density at radius 3 is 2.68 bits per heavy atom. The maximum absolute atomic E-state index is 12.0. The predicted octanol–water partition coefficient (Wildman–Crippen LogP) is 2.64. The zero-order valence-electron chi connectivity index (χ0n) is 13.2. The lowest BCUT2D eigenvalue weighted by atomic mass is 9.98. The van der Waals surface area contributed by atoms with E-state index in [0.29, 0.717) is 24.9 Å². The number of para-hydroxylation sites is 1. The van der Waals surface area contributed by atoms with Crippen molar-refractivity contribution in [1.82, 2.24) is 10.2 Å². The number of nitrogens with zero attached hydrogens (tertiary/aromatic N) is 1. The largest absolute Gasteiger partial charge is 0.399 e. The first-order valence-corrected chi connectivity index (χ1v) is 7.39. The molecule has 0 spiro atoms. The minimum atomic E-state index is 0. The highest BCUT2D eigenvalue weighted by Gasteiger charge is 2.23. The van der Waals surface area contributed by atoms with Gasteiger partial charge in [-0.3, -0.25) is 4.79 Å². The van der Waals surface area contributed by atoms with E-state index in [0.717, 1.165) is 30.6 Å². The number of amides is 1. The van der Waals surface area contributed by atoms with Crippen LogP contribution in [0.4, 0.5) is 5.69 Å². The van der Waals surface area contributed by atoms with E-state index in [2.05, 4.69) is 24.2 Å². The highest BCUT2D eigenvalue weighted by Crippen LogP contribution is 2.16. The Hall–Kier alpha value is -0.970. The van der Waals surface area contributed by atoms with Crippen LogP contribution in [0.25, 0.3) is 0 Å². The second-order valence-electron chi connectivity index (χ2n) is 5.82. The molecule has 1 heterocycles. The number of nitrogen functional groups attached to an aromatic ring is 1. The molecule has 2 unspecified atom stereocenters. The lowest BCUT2D eigenvalue weighted by Gasteiger charge is -2.35. The highest BCUT2D eigenvalue weighted by molar-refractivity contribution is 5.85. The van der Waals surface area contributed by atoms with E-state index >= 15 is 0 Å². The number of carbonyl (C=O) groups is 1. The number of aryl methyl sites for hydroxylation is 1. The number of halogens is 2. The fourth-order valence-electron chi connectivity index (χ4n) is 2.73. The molecule has 2 atom stereocenters. The number of nitrogens with two attached hydrogens (primary N) is 1. The lowest BCUT2D eigenvalue weighted by Crippen LogP contribution is -2.47. The fourth-order valence-corrected chi connectivity index (χ4v) is 2.73. The molecule has 2 rings (SSSR count). The van der Waals surface area contributed by atoms with E-state index in [1.807, 2.05) is 24.3 Å². The third-order valence-corrected chi connectivity index (χ3v) is 4.25. The molecule has 22 heavy (non-hydrogen) atoms. The number of carbonyl (C=O) groups excluding carboxylic acids is 1. The van der Waals surface area contributed by atoms with Crippen molar-refractivity contribution in [3.63, 3.8) is 0 Å². The maximum Gasteiger partial charge on any atom is 0.220 e. The van der Waals surface area contributed by atoms with E-state index in [4.69, 9.17) is 5.73 Å². The third kappa shape index (κ3) is 6.03. The maximum atomic E-state index is 12.0. The molecule has 1 aromatic rings. The third-order valence-electron chi connectivity index (χ3n) is 4.25. The van der Waals surface area contributed by atoms with E-state index in [1.165, 1.54) is 0 Å². The van der Waals surface area contributed by atoms with Crippen LogP contribution in [-0.4, -0.2) is 36.5 Å². The molecule has 0 bridgehead atoms. The van der Waals surface area contributed by atoms with Gasteiger partial charge in [0.25, 0.3) is 0 Å². The Bertz CT molecular complexity index is 470. The van der Waals surface area contributed by atoms with Crippen molar-refractivity contribution in [1.29, 1.82) is 0 Å². The van der Waals surface area contributed by atoms with Crippen molar-refractivity contribution in [2.45, 2.75) is 44.7 Å². The minimum absolute atomic E-state index is 0. The van der Waals surface area contributed by atoms with Gasteiger partial charge in [-0.15, -0.1) is 24.8 Å². The number of hydrogen-bond donors (Lipinski definition) is 2. The molecule has 1 aromatic carbocycles. The monoisotopic (exact) mass is 347 g/mol. The van der Waals surface area contributed by atoms with Gasteiger partial charge in [0, 0.05) is 30.7 Å². The van der Waals surface area contributed by atoms with Crippen LogP contribution in [0.5, 0.6) is 0 Å². The summed E-state index contributed by atoms with van der Waals surface area (Å²) < 4.78 is 0. The SMILES string of the molecule is CC1CC(NC(=O)CCc2ccccc2N)CCN1C.Cl.Cl. The van der Waals surface area contributed by atoms with Gasteiger partial charge in [0.2, 0.25) is 5.91 Å². The van der Waals surface area contributed by atoms with Crippen molar-refractivity contribution in [2.75, 3.05) is 19.3 Å². The number of hydrogen-bond acceptors (Lipinski definition) is 3. The van der Waals surface area contributed by atoms with Crippen LogP contribution in [0, 0.1) is 0 Å². The minimum Gasteiger partial charge on any atom is -0.399 e. The zero-order chi connectivity index (χ0) is 14.5. The second kappa shape index (κ2) is 9.93. The zero-order valence-corrected chi connectivity index (χ0v) is 14.9. The van der Waals surface area contributed by atoms with Gasteiger partial charge in [0.1, 0.15) is 0 Å². The molecule has 0 radical (unpaired) electrons. The van der Waals surface area contributed by atoms with Crippen molar-refractivity contribution >= 4 is 36.4 Å². The van der Waals surface area contributed by atoms with Gasteiger partial charge in [-0.1, -0.05) is 18.2 Å². The first kappa shape index (κ1) is 21.0. The van der Waals surface area contributed by atoms with Gasteiger partial charge >= 0.3 is 0 Å². The highest BCUT2D eigenvalue weighted by atomic mass is 35.5. The smallest absolute Gasteiger partial charge is 0.220 e. The molecule has 0 aromatic heterocycles. The lowest BCUT2D eigenvalue weighted by molar-refractivity contribution is -0.122. The summed E-state index contributed by atoms with van der Waals surface area (Å²) >= 11 is 0. The van der Waals surface area contributed by atoms with Crippen molar-refractivity contribution in [2.24, 2.45) is 0 Å². The number of benzene rings is 1. The Labute approximate surface area is 145 Å². The van der Waals surface area contributed by atoms with Gasteiger partial charge in [-0.2, -0.15) is 0 Å². The topological polar surface area (TPSA) is 58.4 Å². The van der Waals surface area contributed by atoms with E-state index in [1.54, 1.807) is 0 Å². The van der Waals surface area contributed by atoms with Crippen LogP contribution in [-0.2, 0) is 11.2 Å². The average molecular weight is 348 g/mol. The normalized spacial score (nSPS) is 21.4. The van der Waals surface area contributed by atoms with Gasteiger partial charge in [-0.05, 0) is 44.9 Å². The second-order valence-corrected chi connectivity index (χ2v) is 5.82. The summed E-state index contributed by atoms with van der Waals surface area (Å²) in [6.45, 7) is 3.26. The first-order chi connectivity index (χ1) is 9.56. The molecular formula is C16H27Cl2N3O. The molecule has 1 aliphatic heterocycles. The molecule has 1 saturated heterocycles. The molecule has 4 nitrogen and oxygen atoms in total. The molecule has 1 amide bonds. The fraction of sp³-hybridized carbons (Fsp3) is 0.562. The number of rotatable bonds is 4. The van der Waals surface area contributed by atoms with Gasteiger partial charge < -0.3 is 16.0 Å². The summed E-state index contributed by atoms with van der Waals surface area (Å²) in [4.78, 5) is 14.4. The van der Waals surface area contributed by atoms with Crippen LogP contribution in [0.2, 0.25) is 0 Å². The Morgan fingerprint density at radius 1 is 1.36 bits per heavy atom. The summed E-state index contributed by atoms with van der Waals surface area (Å²) in [5.74, 6) is 0.134. The van der Waals surface area contributed by atoms with Gasteiger partial charge in [0.15, 0.2) is 0 Å². The standard InChI is InChI=1S/C16H25N3O.2ClH/c1-12-11-14(9-10-19(12)2)18-16(20)8-7-13-5-3-4-6-15(13)17;;/h3-6,12,14H,7-11,17H2,1-2H3,(H,18,20);2*1H. The predicted molar refractivity (Wildman–Crippen MR) is 96.9 cm³/mol. The van der Waals surface area contributed by atoms with Crippen molar-refractivity contribution < 1.29 is 4.79 Å². The van der Waals surface area contributed by atoms with Gasteiger partial charge in [-0.25, -0.2) is 0 Å². The van der Waals surface area contributed by atoms with E-state index in [-0.39, 0.29) is 30.7 Å². The molecule has 6 heteroatoms. The van der Waals surface area contributed by atoms with E-state index < -0.39 is 0 Å². The number of nitrogens with one attached hydrogen (secondary N) is 1. The van der Waals surface area contributed by atoms with Crippen molar-refractivity contribution in [3.05, 3.63) is 29.8 Å². The molecule has 1 fully saturated rings. The van der Waals surface area contributed by atoms with Crippen LogP contribution in [0.1, 0.15) is 31.7 Å². The number of anilines is 1. The Kier molecular flexibility index (Phi) is 9.49. The Balaban J connectivity index is 0.00000220. The summed E-state index contributed by atoms with van der Waals surface area (Å²) in [6.07, 6.45) is 3.30.